The van der Waals surface area contributed by atoms with Gasteiger partial charge in [0.2, 0.25) is 5.91 Å². The van der Waals surface area contributed by atoms with E-state index < -0.39 is 0 Å². The van der Waals surface area contributed by atoms with Crippen molar-refractivity contribution in [3.8, 4) is 0 Å². The first kappa shape index (κ1) is 19.0. The van der Waals surface area contributed by atoms with Crippen LogP contribution in [0.15, 0.2) is 29.4 Å². The molecule has 0 aromatic carbocycles. The van der Waals surface area contributed by atoms with Crippen molar-refractivity contribution in [3.05, 3.63) is 30.1 Å². The van der Waals surface area contributed by atoms with Gasteiger partial charge in [-0.15, -0.1) is 0 Å². The van der Waals surface area contributed by atoms with E-state index in [1.165, 1.54) is 0 Å². The van der Waals surface area contributed by atoms with Gasteiger partial charge >= 0.3 is 0 Å². The maximum Gasteiger partial charge on any atom is 0.222 e. The Morgan fingerprint density at radius 2 is 2.07 bits per heavy atom. The Labute approximate surface area is 175 Å². The summed E-state index contributed by atoms with van der Waals surface area (Å²) in [5, 5.41) is 1.05. The van der Waals surface area contributed by atoms with Crippen LogP contribution in [0.2, 0.25) is 0 Å². The van der Waals surface area contributed by atoms with Gasteiger partial charge in [0.1, 0.15) is 11.3 Å². The number of fused-ring (bicyclic) bond motifs is 1. The number of pyridine rings is 2. The maximum atomic E-state index is 11.9. The number of carbonyl (C=O) groups excluding carboxylic acids is 1. The van der Waals surface area contributed by atoms with E-state index in [0.29, 0.717) is 26.3 Å². The first-order valence-electron chi connectivity index (χ1n) is 10.6. The SMILES string of the molecule is NC(=O)C1CCCN(c2cc(N3CCOCC3)nc3c(C4=CC=NC4)nccc23)C1. The number of allylic oxidation sites excluding steroid dienone is 1. The lowest BCUT2D eigenvalue weighted by Crippen LogP contribution is -2.41. The predicted molar refractivity (Wildman–Crippen MR) is 118 cm³/mol. The van der Waals surface area contributed by atoms with E-state index in [0.717, 1.165) is 66.2 Å². The molecule has 2 aromatic heterocycles. The standard InChI is InChI=1S/C22H26N6O2/c23-22(29)16-2-1-7-28(14-16)18-12-19(27-8-10-30-11-9-27)26-21-17(18)4-6-25-20(21)15-3-5-24-13-15/h3-6,12,16H,1-2,7-11,13-14H2,(H2,23,29). The molecule has 0 spiro atoms. The summed E-state index contributed by atoms with van der Waals surface area (Å²) in [6.07, 6.45) is 7.47. The molecule has 30 heavy (non-hydrogen) atoms. The lowest BCUT2D eigenvalue weighted by Gasteiger charge is -2.35. The van der Waals surface area contributed by atoms with Crippen LogP contribution >= 0.6 is 0 Å². The van der Waals surface area contributed by atoms with Gasteiger partial charge < -0.3 is 20.3 Å². The minimum atomic E-state index is -0.220. The summed E-state index contributed by atoms with van der Waals surface area (Å²) in [5.74, 6) is 0.582. The van der Waals surface area contributed by atoms with E-state index in [1.54, 1.807) is 0 Å². The molecule has 0 aliphatic carbocycles. The molecule has 0 bridgehead atoms. The van der Waals surface area contributed by atoms with Gasteiger partial charge in [0.15, 0.2) is 0 Å². The van der Waals surface area contributed by atoms with Crippen LogP contribution < -0.4 is 15.5 Å². The number of aromatic nitrogens is 2. The van der Waals surface area contributed by atoms with Crippen molar-refractivity contribution < 1.29 is 9.53 Å². The van der Waals surface area contributed by atoms with Crippen molar-refractivity contribution in [1.82, 2.24) is 9.97 Å². The fourth-order valence-corrected chi connectivity index (χ4v) is 4.50. The lowest BCUT2D eigenvalue weighted by molar-refractivity contribution is -0.122. The Morgan fingerprint density at radius 3 is 2.83 bits per heavy atom. The quantitative estimate of drug-likeness (QED) is 0.829. The third kappa shape index (κ3) is 3.52. The number of nitrogens with zero attached hydrogens (tertiary/aromatic N) is 5. The van der Waals surface area contributed by atoms with Crippen LogP contribution in [0.1, 0.15) is 18.5 Å². The van der Waals surface area contributed by atoms with E-state index in [-0.39, 0.29) is 11.8 Å². The molecule has 1 unspecified atom stereocenters. The Balaban J connectivity index is 1.64. The summed E-state index contributed by atoms with van der Waals surface area (Å²) < 4.78 is 5.53. The number of piperidine rings is 1. The number of hydrogen-bond donors (Lipinski definition) is 1. The van der Waals surface area contributed by atoms with Gasteiger partial charge in [-0.2, -0.15) is 0 Å². The summed E-state index contributed by atoms with van der Waals surface area (Å²) in [6, 6.07) is 4.18. The molecular formula is C22H26N6O2. The summed E-state index contributed by atoms with van der Waals surface area (Å²) in [6.45, 7) is 5.17. The Bertz CT molecular complexity index is 1030. The molecule has 156 valence electrons. The lowest BCUT2D eigenvalue weighted by atomic mass is 9.96. The first-order chi connectivity index (χ1) is 14.7. The van der Waals surface area contributed by atoms with Crippen LogP contribution in [0.5, 0.6) is 0 Å². The highest BCUT2D eigenvalue weighted by molar-refractivity contribution is 6.01. The molecule has 8 nitrogen and oxygen atoms in total. The number of primary amides is 1. The topological polar surface area (TPSA) is 96.9 Å². The highest BCUT2D eigenvalue weighted by atomic mass is 16.5. The van der Waals surface area contributed by atoms with Crippen molar-refractivity contribution in [2.24, 2.45) is 16.6 Å². The minimum absolute atomic E-state index is 0.124. The van der Waals surface area contributed by atoms with E-state index in [4.69, 9.17) is 15.5 Å². The highest BCUT2D eigenvalue weighted by Crippen LogP contribution is 2.35. The van der Waals surface area contributed by atoms with Crippen molar-refractivity contribution >= 4 is 40.1 Å². The largest absolute Gasteiger partial charge is 0.378 e. The van der Waals surface area contributed by atoms with E-state index in [2.05, 4.69) is 25.8 Å². The van der Waals surface area contributed by atoms with Crippen molar-refractivity contribution in [1.29, 1.82) is 0 Å². The molecule has 5 heterocycles. The van der Waals surface area contributed by atoms with Gasteiger partial charge in [0.05, 0.1) is 31.4 Å². The monoisotopic (exact) mass is 406 g/mol. The second kappa shape index (κ2) is 8.02. The Kier molecular flexibility index (Phi) is 5.08. The third-order valence-electron chi connectivity index (χ3n) is 6.14. The van der Waals surface area contributed by atoms with Gasteiger partial charge in [-0.25, -0.2) is 4.98 Å². The number of hydrogen-bond acceptors (Lipinski definition) is 7. The van der Waals surface area contributed by atoms with Gasteiger partial charge in [-0.05, 0) is 25.0 Å². The third-order valence-corrected chi connectivity index (χ3v) is 6.14. The van der Waals surface area contributed by atoms with Crippen molar-refractivity contribution in [3.63, 3.8) is 0 Å². The minimum Gasteiger partial charge on any atom is -0.378 e. The predicted octanol–water partition coefficient (Wildman–Crippen LogP) is 1.64. The number of carbonyl (C=O) groups is 1. The number of morpholine rings is 1. The normalized spacial score (nSPS) is 21.9. The number of amides is 1. The summed E-state index contributed by atoms with van der Waals surface area (Å²) in [7, 11) is 0. The number of rotatable bonds is 4. The van der Waals surface area contributed by atoms with Crippen LogP contribution in [0.25, 0.3) is 16.5 Å². The molecule has 2 fully saturated rings. The van der Waals surface area contributed by atoms with E-state index >= 15 is 0 Å². The number of aliphatic imine (C=N–C) groups is 1. The molecule has 8 heteroatoms. The maximum absolute atomic E-state index is 11.9. The highest BCUT2D eigenvalue weighted by Gasteiger charge is 2.27. The van der Waals surface area contributed by atoms with Crippen LogP contribution in [0.3, 0.4) is 0 Å². The van der Waals surface area contributed by atoms with Gasteiger partial charge in [0, 0.05) is 61.3 Å². The molecule has 5 rings (SSSR count). The van der Waals surface area contributed by atoms with Gasteiger partial charge in [0.25, 0.3) is 0 Å². The fourth-order valence-electron chi connectivity index (χ4n) is 4.50. The first-order valence-corrected chi connectivity index (χ1v) is 10.6. The second-order valence-electron chi connectivity index (χ2n) is 8.02. The Morgan fingerprint density at radius 1 is 1.20 bits per heavy atom. The number of nitrogens with two attached hydrogens (primary N) is 1. The van der Waals surface area contributed by atoms with Crippen molar-refractivity contribution in [2.45, 2.75) is 12.8 Å². The molecule has 0 saturated carbocycles. The van der Waals surface area contributed by atoms with Gasteiger partial charge in [-0.1, -0.05) is 0 Å². The van der Waals surface area contributed by atoms with Crippen LogP contribution in [-0.4, -0.2) is 68.0 Å². The zero-order chi connectivity index (χ0) is 20.5. The average Bonchev–Trinajstić information content (AvgIpc) is 3.33. The number of ether oxygens (including phenoxy) is 1. The number of anilines is 2. The van der Waals surface area contributed by atoms with Crippen LogP contribution in [0.4, 0.5) is 11.5 Å². The molecule has 3 aliphatic heterocycles. The molecule has 2 aromatic rings. The summed E-state index contributed by atoms with van der Waals surface area (Å²) in [5.41, 5.74) is 9.57. The van der Waals surface area contributed by atoms with E-state index in [1.807, 2.05) is 24.6 Å². The van der Waals surface area contributed by atoms with E-state index in [9.17, 15) is 4.79 Å². The molecular weight excluding hydrogens is 380 g/mol. The fraction of sp³-hybridized carbons (Fsp3) is 0.455. The zero-order valence-electron chi connectivity index (χ0n) is 17.0. The van der Waals surface area contributed by atoms with Crippen LogP contribution in [0, 0.1) is 5.92 Å². The molecule has 2 N–H and O–H groups in total. The molecule has 1 atom stereocenters. The summed E-state index contributed by atoms with van der Waals surface area (Å²) in [4.78, 5) is 30.4. The van der Waals surface area contributed by atoms with Gasteiger partial charge in [-0.3, -0.25) is 14.8 Å². The smallest absolute Gasteiger partial charge is 0.222 e. The molecule has 0 radical (unpaired) electrons. The molecule has 3 aliphatic rings. The molecule has 1 amide bonds. The van der Waals surface area contributed by atoms with Crippen LogP contribution in [-0.2, 0) is 9.53 Å². The second-order valence-corrected chi connectivity index (χ2v) is 8.02. The molecule has 2 saturated heterocycles. The summed E-state index contributed by atoms with van der Waals surface area (Å²) >= 11 is 0. The average molecular weight is 406 g/mol. The zero-order valence-corrected chi connectivity index (χ0v) is 17.0. The van der Waals surface area contributed by atoms with Crippen molar-refractivity contribution in [2.75, 3.05) is 55.7 Å². The Hall–Kier alpha value is -3.00.